The first-order valence-electron chi connectivity index (χ1n) is 7.85. The second kappa shape index (κ2) is 7.27. The highest BCUT2D eigenvalue weighted by Gasteiger charge is 2.18. The van der Waals surface area contributed by atoms with Crippen LogP contribution in [0.5, 0.6) is 0 Å². The highest BCUT2D eigenvalue weighted by molar-refractivity contribution is 7.20. The summed E-state index contributed by atoms with van der Waals surface area (Å²) in [6.07, 6.45) is 1.91. The number of amides is 1. The van der Waals surface area contributed by atoms with Crippen LogP contribution in [0.1, 0.15) is 35.2 Å². The highest BCUT2D eigenvalue weighted by atomic mass is 32.1. The fourth-order valence-corrected chi connectivity index (χ4v) is 4.13. The maximum absolute atomic E-state index is 12.7. The molecule has 0 aromatic carbocycles. The Balaban J connectivity index is 1.70. The largest absolute Gasteiger partial charge is 0.334 e. The molecule has 126 valence electrons. The summed E-state index contributed by atoms with van der Waals surface area (Å²) >= 11 is 3.29. The minimum absolute atomic E-state index is 0.0296. The fraction of sp³-hybridized carbons (Fsp3) is 0.353. The van der Waals surface area contributed by atoms with Gasteiger partial charge in [0, 0.05) is 19.5 Å². The van der Waals surface area contributed by atoms with Crippen LogP contribution in [0.4, 0.5) is 0 Å². The van der Waals surface area contributed by atoms with E-state index >= 15 is 0 Å². The number of hydrogen-bond donors (Lipinski definition) is 0. The molecule has 0 fully saturated rings. The van der Waals surface area contributed by atoms with E-state index in [1.807, 2.05) is 29.9 Å². The molecule has 0 bridgehead atoms. The Kier molecular flexibility index (Phi) is 5.11. The molecule has 0 aliphatic heterocycles. The molecule has 0 N–H and O–H groups in total. The SMILES string of the molecule is CCCc1cc(C(=O)N(C)Cc2csc(-c3cccs3)n2)n(C)n1. The van der Waals surface area contributed by atoms with Crippen molar-refractivity contribution in [2.75, 3.05) is 7.05 Å². The summed E-state index contributed by atoms with van der Waals surface area (Å²) in [5, 5.41) is 9.47. The molecule has 0 unspecified atom stereocenters. The van der Waals surface area contributed by atoms with Crippen molar-refractivity contribution < 1.29 is 4.79 Å². The summed E-state index contributed by atoms with van der Waals surface area (Å²) < 4.78 is 1.67. The van der Waals surface area contributed by atoms with Crippen molar-refractivity contribution in [3.05, 3.63) is 46.0 Å². The molecule has 5 nitrogen and oxygen atoms in total. The van der Waals surface area contributed by atoms with Gasteiger partial charge < -0.3 is 4.90 Å². The van der Waals surface area contributed by atoms with Gasteiger partial charge in [-0.05, 0) is 23.9 Å². The summed E-state index contributed by atoms with van der Waals surface area (Å²) in [4.78, 5) is 20.2. The van der Waals surface area contributed by atoms with Crippen LogP contribution in [0, 0.1) is 0 Å². The first-order chi connectivity index (χ1) is 11.6. The van der Waals surface area contributed by atoms with Gasteiger partial charge in [-0.25, -0.2) is 4.98 Å². The van der Waals surface area contributed by atoms with Crippen LogP contribution < -0.4 is 0 Å². The number of thiophene rings is 1. The van der Waals surface area contributed by atoms with E-state index in [9.17, 15) is 4.79 Å². The quantitative estimate of drug-likeness (QED) is 0.671. The molecule has 0 aliphatic carbocycles. The Labute approximate surface area is 149 Å². The predicted octanol–water partition coefficient (Wildman–Crippen LogP) is 3.83. The van der Waals surface area contributed by atoms with E-state index in [2.05, 4.69) is 23.1 Å². The van der Waals surface area contributed by atoms with Gasteiger partial charge in [-0.2, -0.15) is 5.10 Å². The second-order valence-corrected chi connectivity index (χ2v) is 7.48. The maximum Gasteiger partial charge on any atom is 0.272 e. The number of aromatic nitrogens is 3. The smallest absolute Gasteiger partial charge is 0.272 e. The van der Waals surface area contributed by atoms with Crippen molar-refractivity contribution in [2.24, 2.45) is 7.05 Å². The summed E-state index contributed by atoms with van der Waals surface area (Å²) in [6, 6.07) is 5.97. The summed E-state index contributed by atoms with van der Waals surface area (Å²) in [7, 11) is 3.62. The minimum atomic E-state index is -0.0296. The van der Waals surface area contributed by atoms with E-state index in [1.54, 1.807) is 39.3 Å². The molecule has 0 spiro atoms. The van der Waals surface area contributed by atoms with E-state index in [0.29, 0.717) is 12.2 Å². The standard InChI is InChI=1S/C17H20N4OS2/c1-4-6-12-9-14(21(3)19-12)17(22)20(2)10-13-11-24-16(18-13)15-7-5-8-23-15/h5,7-9,11H,4,6,10H2,1-3H3. The van der Waals surface area contributed by atoms with Gasteiger partial charge >= 0.3 is 0 Å². The molecule has 3 rings (SSSR count). The molecule has 1 amide bonds. The highest BCUT2D eigenvalue weighted by Crippen LogP contribution is 2.28. The molecule has 3 aromatic heterocycles. The van der Waals surface area contributed by atoms with Crippen LogP contribution in [0.2, 0.25) is 0 Å². The number of aryl methyl sites for hydroxylation is 2. The van der Waals surface area contributed by atoms with Crippen molar-refractivity contribution in [3.63, 3.8) is 0 Å². The lowest BCUT2D eigenvalue weighted by Crippen LogP contribution is -2.28. The average Bonchev–Trinajstić information content (AvgIpc) is 3.27. The zero-order chi connectivity index (χ0) is 17.1. The molecule has 7 heteroatoms. The van der Waals surface area contributed by atoms with E-state index in [1.165, 1.54) is 0 Å². The number of hydrogen-bond acceptors (Lipinski definition) is 5. The van der Waals surface area contributed by atoms with Gasteiger partial charge in [-0.3, -0.25) is 9.48 Å². The molecule has 0 atom stereocenters. The van der Waals surface area contributed by atoms with Crippen molar-refractivity contribution in [3.8, 4) is 9.88 Å². The Hall–Kier alpha value is -1.99. The van der Waals surface area contributed by atoms with Crippen molar-refractivity contribution in [2.45, 2.75) is 26.3 Å². The predicted molar refractivity (Wildman–Crippen MR) is 98.4 cm³/mol. The van der Waals surface area contributed by atoms with Crippen molar-refractivity contribution in [1.29, 1.82) is 0 Å². The number of thiazole rings is 1. The lowest BCUT2D eigenvalue weighted by atomic mass is 10.2. The van der Waals surface area contributed by atoms with Gasteiger partial charge in [0.15, 0.2) is 0 Å². The van der Waals surface area contributed by atoms with Gasteiger partial charge in [0.25, 0.3) is 5.91 Å². The van der Waals surface area contributed by atoms with Crippen LogP contribution in [-0.2, 0) is 20.0 Å². The fourth-order valence-electron chi connectivity index (χ4n) is 2.51. The molecule has 3 heterocycles. The maximum atomic E-state index is 12.7. The molecule has 24 heavy (non-hydrogen) atoms. The van der Waals surface area contributed by atoms with Crippen LogP contribution in [0.3, 0.4) is 0 Å². The number of carbonyl (C=O) groups is 1. The Morgan fingerprint density at radius 2 is 2.17 bits per heavy atom. The van der Waals surface area contributed by atoms with Gasteiger partial charge in [-0.15, -0.1) is 22.7 Å². The molecule has 0 saturated carbocycles. The van der Waals surface area contributed by atoms with E-state index in [0.717, 1.165) is 34.1 Å². The lowest BCUT2D eigenvalue weighted by Gasteiger charge is -2.15. The number of carbonyl (C=O) groups excluding carboxylic acids is 1. The monoisotopic (exact) mass is 360 g/mol. The molecule has 0 aliphatic rings. The summed E-state index contributed by atoms with van der Waals surface area (Å²) in [6.45, 7) is 2.60. The van der Waals surface area contributed by atoms with E-state index in [4.69, 9.17) is 0 Å². The van der Waals surface area contributed by atoms with Gasteiger partial charge in [-0.1, -0.05) is 19.4 Å². The third kappa shape index (κ3) is 3.57. The van der Waals surface area contributed by atoms with Crippen LogP contribution in [-0.4, -0.2) is 32.6 Å². The zero-order valence-electron chi connectivity index (χ0n) is 14.0. The van der Waals surface area contributed by atoms with E-state index < -0.39 is 0 Å². The second-order valence-electron chi connectivity index (χ2n) is 5.68. The number of nitrogens with zero attached hydrogens (tertiary/aromatic N) is 4. The molecular weight excluding hydrogens is 340 g/mol. The van der Waals surface area contributed by atoms with Gasteiger partial charge in [0.2, 0.25) is 0 Å². The minimum Gasteiger partial charge on any atom is -0.334 e. The van der Waals surface area contributed by atoms with Crippen molar-refractivity contribution in [1.82, 2.24) is 19.7 Å². The van der Waals surface area contributed by atoms with E-state index in [-0.39, 0.29) is 5.91 Å². The number of rotatable bonds is 6. The third-order valence-corrected chi connectivity index (χ3v) is 5.62. The lowest BCUT2D eigenvalue weighted by molar-refractivity contribution is 0.0772. The third-order valence-electron chi connectivity index (χ3n) is 3.69. The van der Waals surface area contributed by atoms with Crippen LogP contribution in [0.15, 0.2) is 29.0 Å². The topological polar surface area (TPSA) is 51.0 Å². The Bertz CT molecular complexity index is 820. The summed E-state index contributed by atoms with van der Waals surface area (Å²) in [5.74, 6) is -0.0296. The molecule has 0 saturated heterocycles. The molecule has 0 radical (unpaired) electrons. The molecular formula is C17H20N4OS2. The Morgan fingerprint density at radius 3 is 2.88 bits per heavy atom. The summed E-state index contributed by atoms with van der Waals surface area (Å²) in [5.41, 5.74) is 2.50. The van der Waals surface area contributed by atoms with Crippen molar-refractivity contribution >= 4 is 28.6 Å². The zero-order valence-corrected chi connectivity index (χ0v) is 15.7. The van der Waals surface area contributed by atoms with Gasteiger partial charge in [0.05, 0.1) is 22.8 Å². The first kappa shape index (κ1) is 16.9. The average molecular weight is 361 g/mol. The Morgan fingerprint density at radius 1 is 1.33 bits per heavy atom. The van der Waals surface area contributed by atoms with Crippen LogP contribution >= 0.6 is 22.7 Å². The van der Waals surface area contributed by atoms with Gasteiger partial charge in [0.1, 0.15) is 10.7 Å². The normalized spacial score (nSPS) is 11.0. The first-order valence-corrected chi connectivity index (χ1v) is 9.61. The van der Waals surface area contributed by atoms with Crippen LogP contribution in [0.25, 0.3) is 9.88 Å². The molecule has 3 aromatic rings.